The molecular weight excluding hydrogens is 356 g/mol. The summed E-state index contributed by atoms with van der Waals surface area (Å²) in [5.41, 5.74) is 1.46. The van der Waals surface area contributed by atoms with E-state index in [1.165, 1.54) is 25.7 Å². The average molecular weight is 382 g/mol. The molecule has 28 heavy (non-hydrogen) atoms. The molecule has 2 aromatic rings. The van der Waals surface area contributed by atoms with E-state index in [1.54, 1.807) is 6.92 Å². The van der Waals surface area contributed by atoms with Gasteiger partial charge >= 0.3 is 5.97 Å². The lowest BCUT2D eigenvalue weighted by Crippen LogP contribution is -2.42. The van der Waals surface area contributed by atoms with Crippen LogP contribution in [0.25, 0.3) is 11.3 Å². The molecule has 4 rings (SSSR count). The van der Waals surface area contributed by atoms with Crippen molar-refractivity contribution in [1.82, 2.24) is 10.5 Å². The number of nitrogens with one attached hydrogen (secondary N) is 1. The van der Waals surface area contributed by atoms with E-state index < -0.39 is 5.97 Å². The molecular formula is C22H26N2O4. The summed E-state index contributed by atoms with van der Waals surface area (Å²) >= 11 is 0. The Bertz CT molecular complexity index is 861. The first-order valence-corrected chi connectivity index (χ1v) is 10.0. The predicted molar refractivity (Wildman–Crippen MR) is 104 cm³/mol. The number of amides is 1. The zero-order valence-corrected chi connectivity index (χ0v) is 16.3. The smallest absolute Gasteiger partial charge is 0.344 e. The van der Waals surface area contributed by atoms with Gasteiger partial charge in [0.15, 0.2) is 6.61 Å². The van der Waals surface area contributed by atoms with E-state index in [9.17, 15) is 9.59 Å². The summed E-state index contributed by atoms with van der Waals surface area (Å²) in [6.07, 6.45) is 5.11. The fraction of sp³-hybridized carbons (Fsp3) is 0.500. The van der Waals surface area contributed by atoms with Crippen molar-refractivity contribution < 1.29 is 18.8 Å². The highest BCUT2D eigenvalue weighted by atomic mass is 16.5. The molecule has 1 N–H and O–H groups in total. The molecule has 0 aliphatic heterocycles. The van der Waals surface area contributed by atoms with Crippen molar-refractivity contribution >= 4 is 11.9 Å². The first-order chi connectivity index (χ1) is 13.5. The van der Waals surface area contributed by atoms with Crippen molar-refractivity contribution in [2.24, 2.45) is 17.8 Å². The maximum atomic E-state index is 12.6. The SMILES string of the molecule is Cc1onc(-c2ccccc2)c1C(=O)OCC(=O)N[C@H](C)[C@H]1C[C@H]2CC[C@H]1C2. The third-order valence-corrected chi connectivity index (χ3v) is 6.27. The number of benzene rings is 1. The van der Waals surface area contributed by atoms with Crippen LogP contribution in [0.5, 0.6) is 0 Å². The molecule has 6 heteroatoms. The van der Waals surface area contributed by atoms with E-state index >= 15 is 0 Å². The lowest BCUT2D eigenvalue weighted by Gasteiger charge is -2.28. The summed E-state index contributed by atoms with van der Waals surface area (Å²) in [5.74, 6) is 1.62. The lowest BCUT2D eigenvalue weighted by molar-refractivity contribution is -0.125. The molecule has 2 fully saturated rings. The van der Waals surface area contributed by atoms with Gasteiger partial charge in [0.1, 0.15) is 17.0 Å². The second kappa shape index (κ2) is 7.78. The Morgan fingerprint density at radius 3 is 2.71 bits per heavy atom. The molecule has 0 saturated heterocycles. The Hall–Kier alpha value is -2.63. The highest BCUT2D eigenvalue weighted by Crippen LogP contribution is 2.49. The van der Waals surface area contributed by atoms with Crippen molar-refractivity contribution in [1.29, 1.82) is 0 Å². The van der Waals surface area contributed by atoms with Gasteiger partial charge in [-0.25, -0.2) is 4.79 Å². The molecule has 2 bridgehead atoms. The largest absolute Gasteiger partial charge is 0.452 e. The number of hydrogen-bond donors (Lipinski definition) is 1. The van der Waals surface area contributed by atoms with Crippen LogP contribution in [-0.2, 0) is 9.53 Å². The third-order valence-electron chi connectivity index (χ3n) is 6.27. The van der Waals surface area contributed by atoms with Crippen LogP contribution in [0.3, 0.4) is 0 Å². The van der Waals surface area contributed by atoms with Crippen molar-refractivity contribution in [2.45, 2.75) is 45.6 Å². The molecule has 0 unspecified atom stereocenters. The molecule has 148 valence electrons. The fourth-order valence-electron chi connectivity index (χ4n) is 4.92. The van der Waals surface area contributed by atoms with Crippen LogP contribution in [-0.4, -0.2) is 29.7 Å². The monoisotopic (exact) mass is 382 g/mol. The van der Waals surface area contributed by atoms with E-state index in [-0.39, 0.29) is 24.1 Å². The van der Waals surface area contributed by atoms with Crippen molar-refractivity contribution in [3.8, 4) is 11.3 Å². The Morgan fingerprint density at radius 2 is 2.04 bits per heavy atom. The minimum absolute atomic E-state index is 0.110. The Labute approximate surface area is 164 Å². The number of carbonyl (C=O) groups excluding carboxylic acids is 2. The molecule has 1 aromatic carbocycles. The Kier molecular flexibility index (Phi) is 5.20. The van der Waals surface area contributed by atoms with Crippen molar-refractivity contribution in [3.05, 3.63) is 41.7 Å². The first kappa shape index (κ1) is 18.7. The number of carbonyl (C=O) groups is 2. The van der Waals surface area contributed by atoms with Gasteiger partial charge in [0.05, 0.1) is 0 Å². The molecule has 1 amide bonds. The highest BCUT2D eigenvalue weighted by molar-refractivity contribution is 5.98. The molecule has 2 aliphatic rings. The van der Waals surface area contributed by atoms with Crippen molar-refractivity contribution in [3.63, 3.8) is 0 Å². The van der Waals surface area contributed by atoms with E-state index in [4.69, 9.17) is 9.26 Å². The van der Waals surface area contributed by atoms with Gasteiger partial charge in [-0.3, -0.25) is 4.79 Å². The number of fused-ring (bicyclic) bond motifs is 2. The highest BCUT2D eigenvalue weighted by Gasteiger charge is 2.42. The quantitative estimate of drug-likeness (QED) is 0.770. The fourth-order valence-corrected chi connectivity index (χ4v) is 4.92. The Balaban J connectivity index is 1.34. The molecule has 1 heterocycles. The molecule has 6 nitrogen and oxygen atoms in total. The van der Waals surface area contributed by atoms with E-state index in [1.807, 2.05) is 30.3 Å². The van der Waals surface area contributed by atoms with Crippen LogP contribution in [0.15, 0.2) is 34.9 Å². The maximum absolute atomic E-state index is 12.6. The predicted octanol–water partition coefficient (Wildman–Crippen LogP) is 3.75. The van der Waals surface area contributed by atoms with Gasteiger partial charge < -0.3 is 14.6 Å². The van der Waals surface area contributed by atoms with Crippen LogP contribution in [0, 0.1) is 24.7 Å². The third kappa shape index (κ3) is 3.68. The number of nitrogens with zero attached hydrogens (tertiary/aromatic N) is 1. The van der Waals surface area contributed by atoms with E-state index in [0.717, 1.165) is 17.4 Å². The van der Waals surface area contributed by atoms with Crippen LogP contribution in [0.2, 0.25) is 0 Å². The number of hydrogen-bond acceptors (Lipinski definition) is 5. The standard InChI is InChI=1S/C22H26N2O4/c1-13(18-11-15-8-9-17(18)10-15)23-19(25)12-27-22(26)20-14(2)28-24-21(20)16-6-4-3-5-7-16/h3-7,13,15,17-18H,8-12H2,1-2H3,(H,23,25)/t13-,15+,17+,18-/m1/s1. The van der Waals surface area contributed by atoms with Gasteiger partial charge in [0, 0.05) is 11.6 Å². The lowest BCUT2D eigenvalue weighted by atomic mass is 9.84. The van der Waals surface area contributed by atoms with Gasteiger partial charge in [-0.2, -0.15) is 0 Å². The van der Waals surface area contributed by atoms with Gasteiger partial charge in [0.2, 0.25) is 0 Å². The van der Waals surface area contributed by atoms with Gasteiger partial charge in [-0.1, -0.05) is 41.9 Å². The summed E-state index contributed by atoms with van der Waals surface area (Å²) in [5, 5.41) is 6.99. The minimum Gasteiger partial charge on any atom is -0.452 e. The van der Waals surface area contributed by atoms with Gasteiger partial charge in [-0.15, -0.1) is 0 Å². The number of esters is 1. The minimum atomic E-state index is -0.597. The molecule has 4 atom stereocenters. The summed E-state index contributed by atoms with van der Waals surface area (Å²) in [6.45, 7) is 3.42. The van der Waals surface area contributed by atoms with Gasteiger partial charge in [-0.05, 0) is 50.9 Å². The topological polar surface area (TPSA) is 81.4 Å². The summed E-state index contributed by atoms with van der Waals surface area (Å²) in [4.78, 5) is 24.9. The molecule has 2 aliphatic carbocycles. The zero-order chi connectivity index (χ0) is 19.7. The van der Waals surface area contributed by atoms with Gasteiger partial charge in [0.25, 0.3) is 5.91 Å². The molecule has 0 radical (unpaired) electrons. The second-order valence-corrected chi connectivity index (χ2v) is 8.10. The summed E-state index contributed by atoms with van der Waals surface area (Å²) < 4.78 is 10.5. The molecule has 2 saturated carbocycles. The van der Waals surface area contributed by atoms with Crippen LogP contribution in [0.1, 0.15) is 48.7 Å². The number of ether oxygens (including phenoxy) is 1. The van der Waals surface area contributed by atoms with Crippen LogP contribution in [0.4, 0.5) is 0 Å². The number of aromatic nitrogens is 1. The average Bonchev–Trinajstić information content (AvgIpc) is 3.42. The van der Waals surface area contributed by atoms with E-state index in [2.05, 4.69) is 17.4 Å². The maximum Gasteiger partial charge on any atom is 0.344 e. The number of aryl methyl sites for hydroxylation is 1. The van der Waals surface area contributed by atoms with Crippen LogP contribution >= 0.6 is 0 Å². The van der Waals surface area contributed by atoms with Crippen molar-refractivity contribution in [2.75, 3.05) is 6.61 Å². The van der Waals surface area contributed by atoms with Crippen LogP contribution < -0.4 is 5.32 Å². The Morgan fingerprint density at radius 1 is 1.25 bits per heavy atom. The summed E-state index contributed by atoms with van der Waals surface area (Å²) in [6, 6.07) is 9.41. The molecule has 0 spiro atoms. The zero-order valence-electron chi connectivity index (χ0n) is 16.3. The summed E-state index contributed by atoms with van der Waals surface area (Å²) in [7, 11) is 0. The van der Waals surface area contributed by atoms with E-state index in [0.29, 0.717) is 17.4 Å². The normalized spacial score (nSPS) is 24.1. The first-order valence-electron chi connectivity index (χ1n) is 10.0. The second-order valence-electron chi connectivity index (χ2n) is 8.10. The number of rotatable bonds is 6. The molecule has 1 aromatic heterocycles.